The molecule has 0 aliphatic carbocycles. The molecule has 0 fully saturated rings. The SMILES string of the molecule is COc1cccc(CNc2cc(Br)ccc2Cl)c1O. The number of para-hydroxylation sites is 1. The van der Waals surface area contributed by atoms with Crippen LogP contribution in [0.1, 0.15) is 5.56 Å². The van der Waals surface area contributed by atoms with Gasteiger partial charge >= 0.3 is 0 Å². The van der Waals surface area contributed by atoms with Gasteiger partial charge in [-0.25, -0.2) is 0 Å². The molecular weight excluding hydrogens is 330 g/mol. The fourth-order valence-electron chi connectivity index (χ4n) is 1.70. The lowest BCUT2D eigenvalue weighted by Gasteiger charge is -2.12. The first-order valence-electron chi connectivity index (χ1n) is 5.65. The summed E-state index contributed by atoms with van der Waals surface area (Å²) in [7, 11) is 1.53. The molecular formula is C14H13BrClNO2. The topological polar surface area (TPSA) is 41.5 Å². The van der Waals surface area contributed by atoms with Crippen LogP contribution in [0.15, 0.2) is 40.9 Å². The van der Waals surface area contributed by atoms with Crippen molar-refractivity contribution >= 4 is 33.2 Å². The number of anilines is 1. The van der Waals surface area contributed by atoms with Crippen molar-refractivity contribution in [2.24, 2.45) is 0 Å². The monoisotopic (exact) mass is 341 g/mol. The van der Waals surface area contributed by atoms with Gasteiger partial charge in [0.1, 0.15) is 0 Å². The number of hydrogen-bond donors (Lipinski definition) is 2. The maximum Gasteiger partial charge on any atom is 0.162 e. The number of benzene rings is 2. The van der Waals surface area contributed by atoms with Crippen LogP contribution in [-0.4, -0.2) is 12.2 Å². The Balaban J connectivity index is 2.17. The standard InChI is InChI=1S/C14H13BrClNO2/c1-19-13-4-2-3-9(14(13)18)8-17-12-7-10(15)5-6-11(12)16/h2-7,17-18H,8H2,1H3. The van der Waals surface area contributed by atoms with Crippen molar-refractivity contribution in [2.45, 2.75) is 6.54 Å². The molecule has 0 atom stereocenters. The first-order valence-corrected chi connectivity index (χ1v) is 6.82. The van der Waals surface area contributed by atoms with E-state index in [2.05, 4.69) is 21.2 Å². The third-order valence-corrected chi connectivity index (χ3v) is 3.52. The third-order valence-electron chi connectivity index (χ3n) is 2.70. The molecule has 0 aliphatic heterocycles. The molecule has 5 heteroatoms. The van der Waals surface area contributed by atoms with E-state index in [0.29, 0.717) is 17.3 Å². The Morgan fingerprint density at radius 2 is 2.11 bits per heavy atom. The number of phenolic OH excluding ortho intramolecular Hbond substituents is 1. The molecule has 0 unspecified atom stereocenters. The number of nitrogens with one attached hydrogen (secondary N) is 1. The molecule has 0 amide bonds. The van der Waals surface area contributed by atoms with Gasteiger partial charge < -0.3 is 15.2 Å². The van der Waals surface area contributed by atoms with Crippen LogP contribution in [0.5, 0.6) is 11.5 Å². The van der Waals surface area contributed by atoms with Gasteiger partial charge in [-0.3, -0.25) is 0 Å². The summed E-state index contributed by atoms with van der Waals surface area (Å²) >= 11 is 9.48. The zero-order valence-electron chi connectivity index (χ0n) is 10.3. The number of rotatable bonds is 4. The van der Waals surface area contributed by atoms with E-state index in [1.807, 2.05) is 24.3 Å². The predicted octanol–water partition coefficient (Wildman–Crippen LogP) is 4.43. The van der Waals surface area contributed by atoms with Crippen molar-refractivity contribution in [2.75, 3.05) is 12.4 Å². The first kappa shape index (κ1) is 14.0. The molecule has 100 valence electrons. The van der Waals surface area contributed by atoms with Crippen LogP contribution >= 0.6 is 27.5 Å². The molecule has 0 saturated heterocycles. The Hall–Kier alpha value is -1.39. The zero-order valence-corrected chi connectivity index (χ0v) is 12.6. The van der Waals surface area contributed by atoms with Gasteiger partial charge in [0.25, 0.3) is 0 Å². The van der Waals surface area contributed by atoms with Crippen LogP contribution < -0.4 is 10.1 Å². The van der Waals surface area contributed by atoms with Crippen molar-refractivity contribution in [3.05, 3.63) is 51.5 Å². The molecule has 0 saturated carbocycles. The van der Waals surface area contributed by atoms with E-state index in [4.69, 9.17) is 16.3 Å². The smallest absolute Gasteiger partial charge is 0.162 e. The van der Waals surface area contributed by atoms with E-state index < -0.39 is 0 Å². The average Bonchev–Trinajstić information content (AvgIpc) is 2.41. The van der Waals surface area contributed by atoms with Gasteiger partial charge in [0, 0.05) is 16.6 Å². The summed E-state index contributed by atoms with van der Waals surface area (Å²) in [6.45, 7) is 0.458. The number of methoxy groups -OCH3 is 1. The van der Waals surface area contributed by atoms with E-state index in [1.165, 1.54) is 7.11 Å². The molecule has 2 aromatic rings. The molecule has 0 aromatic heterocycles. The summed E-state index contributed by atoms with van der Waals surface area (Å²) in [6.07, 6.45) is 0. The van der Waals surface area contributed by atoms with Gasteiger partial charge in [0.05, 0.1) is 17.8 Å². The molecule has 2 rings (SSSR count). The van der Waals surface area contributed by atoms with Gasteiger partial charge in [-0.15, -0.1) is 0 Å². The van der Waals surface area contributed by atoms with E-state index >= 15 is 0 Å². The lowest BCUT2D eigenvalue weighted by molar-refractivity contribution is 0.371. The fraction of sp³-hybridized carbons (Fsp3) is 0.143. The van der Waals surface area contributed by atoms with E-state index in [1.54, 1.807) is 12.1 Å². The van der Waals surface area contributed by atoms with Crippen molar-refractivity contribution < 1.29 is 9.84 Å². The Kier molecular flexibility index (Phi) is 4.56. The number of hydrogen-bond acceptors (Lipinski definition) is 3. The third kappa shape index (κ3) is 3.33. The van der Waals surface area contributed by atoms with Gasteiger partial charge in [0.15, 0.2) is 11.5 Å². The fourth-order valence-corrected chi connectivity index (χ4v) is 2.24. The number of aromatic hydroxyl groups is 1. The second-order valence-electron chi connectivity index (χ2n) is 3.95. The number of ether oxygens (including phenoxy) is 1. The first-order chi connectivity index (χ1) is 9.11. The van der Waals surface area contributed by atoms with E-state index in [-0.39, 0.29) is 5.75 Å². The van der Waals surface area contributed by atoms with Crippen LogP contribution in [0.3, 0.4) is 0 Å². The Labute approximate surface area is 125 Å². The number of phenols is 1. The van der Waals surface area contributed by atoms with Crippen LogP contribution in [0.2, 0.25) is 5.02 Å². The maximum atomic E-state index is 9.98. The summed E-state index contributed by atoms with van der Waals surface area (Å²) in [5, 5.41) is 13.8. The summed E-state index contributed by atoms with van der Waals surface area (Å²) in [4.78, 5) is 0. The highest BCUT2D eigenvalue weighted by Crippen LogP contribution is 2.31. The largest absolute Gasteiger partial charge is 0.504 e. The van der Waals surface area contributed by atoms with Crippen molar-refractivity contribution in [1.82, 2.24) is 0 Å². The molecule has 2 aromatic carbocycles. The Morgan fingerprint density at radius 1 is 1.32 bits per heavy atom. The molecule has 0 spiro atoms. The van der Waals surface area contributed by atoms with E-state index in [9.17, 15) is 5.11 Å². The molecule has 0 bridgehead atoms. The van der Waals surface area contributed by atoms with Gasteiger partial charge in [0.2, 0.25) is 0 Å². The second-order valence-corrected chi connectivity index (χ2v) is 5.27. The van der Waals surface area contributed by atoms with Gasteiger partial charge in [-0.2, -0.15) is 0 Å². The average molecular weight is 343 g/mol. The maximum absolute atomic E-state index is 9.98. The molecule has 19 heavy (non-hydrogen) atoms. The summed E-state index contributed by atoms with van der Waals surface area (Å²) < 4.78 is 6.01. The molecule has 2 N–H and O–H groups in total. The second kappa shape index (κ2) is 6.17. The van der Waals surface area contributed by atoms with Crippen molar-refractivity contribution in [1.29, 1.82) is 0 Å². The zero-order chi connectivity index (χ0) is 13.8. The summed E-state index contributed by atoms with van der Waals surface area (Å²) in [5.41, 5.74) is 1.55. The summed E-state index contributed by atoms with van der Waals surface area (Å²) in [5.74, 6) is 0.600. The van der Waals surface area contributed by atoms with Gasteiger partial charge in [-0.1, -0.05) is 39.7 Å². The van der Waals surface area contributed by atoms with Crippen LogP contribution in [-0.2, 0) is 6.54 Å². The summed E-state index contributed by atoms with van der Waals surface area (Å²) in [6, 6.07) is 10.9. The molecule has 0 aliphatic rings. The van der Waals surface area contributed by atoms with E-state index in [0.717, 1.165) is 15.7 Å². The highest BCUT2D eigenvalue weighted by molar-refractivity contribution is 9.10. The minimum Gasteiger partial charge on any atom is -0.504 e. The lowest BCUT2D eigenvalue weighted by Crippen LogP contribution is -2.01. The van der Waals surface area contributed by atoms with Crippen molar-refractivity contribution in [3.63, 3.8) is 0 Å². The Morgan fingerprint density at radius 3 is 2.84 bits per heavy atom. The normalized spacial score (nSPS) is 10.3. The highest BCUT2D eigenvalue weighted by atomic mass is 79.9. The van der Waals surface area contributed by atoms with Crippen LogP contribution in [0.25, 0.3) is 0 Å². The molecule has 0 radical (unpaired) electrons. The Bertz CT molecular complexity index is 590. The number of halogens is 2. The van der Waals surface area contributed by atoms with Crippen molar-refractivity contribution in [3.8, 4) is 11.5 Å². The predicted molar refractivity (Wildman–Crippen MR) is 81.1 cm³/mol. The van der Waals surface area contributed by atoms with Crippen LogP contribution in [0, 0.1) is 0 Å². The molecule has 3 nitrogen and oxygen atoms in total. The van der Waals surface area contributed by atoms with Gasteiger partial charge in [-0.05, 0) is 24.3 Å². The minimum absolute atomic E-state index is 0.142. The minimum atomic E-state index is 0.142. The molecule has 0 heterocycles. The lowest BCUT2D eigenvalue weighted by atomic mass is 10.2. The highest BCUT2D eigenvalue weighted by Gasteiger charge is 2.08. The quantitative estimate of drug-likeness (QED) is 0.863. The van der Waals surface area contributed by atoms with Crippen LogP contribution in [0.4, 0.5) is 5.69 Å².